The molecule has 2 aromatic rings. The zero-order valence-corrected chi connectivity index (χ0v) is 17.1. The van der Waals surface area contributed by atoms with Gasteiger partial charge in [0.25, 0.3) is 5.91 Å². The molecular formula is C21H18Cl2F3NO2. The lowest BCUT2D eigenvalue weighted by atomic mass is 9.96. The van der Waals surface area contributed by atoms with E-state index in [4.69, 9.17) is 23.2 Å². The lowest BCUT2D eigenvalue weighted by Crippen LogP contribution is -2.28. The van der Waals surface area contributed by atoms with Gasteiger partial charge in [-0.3, -0.25) is 9.59 Å². The molecule has 2 aromatic carbocycles. The highest BCUT2D eigenvalue weighted by molar-refractivity contribution is 6.34. The Hall–Kier alpha value is -2.31. The first-order valence-corrected chi connectivity index (χ1v) is 9.32. The minimum Gasteiger partial charge on any atom is -0.345 e. The second-order valence-electron chi connectivity index (χ2n) is 6.54. The predicted octanol–water partition coefficient (Wildman–Crippen LogP) is 5.98. The molecule has 1 amide bonds. The zero-order chi connectivity index (χ0) is 21.8. The average Bonchev–Trinajstić information content (AvgIpc) is 2.58. The lowest BCUT2D eigenvalue weighted by molar-refractivity contribution is -0.139. The van der Waals surface area contributed by atoms with E-state index in [1.54, 1.807) is 13.0 Å². The summed E-state index contributed by atoms with van der Waals surface area (Å²) in [5.74, 6) is -2.50. The number of allylic oxidation sites excluding steroid dienone is 1. The van der Waals surface area contributed by atoms with Crippen LogP contribution in [0.1, 0.15) is 39.9 Å². The van der Waals surface area contributed by atoms with Gasteiger partial charge in [-0.1, -0.05) is 47.5 Å². The van der Waals surface area contributed by atoms with E-state index in [9.17, 15) is 22.8 Å². The fourth-order valence-corrected chi connectivity index (χ4v) is 3.26. The van der Waals surface area contributed by atoms with E-state index >= 15 is 0 Å². The molecule has 29 heavy (non-hydrogen) atoms. The van der Waals surface area contributed by atoms with Crippen molar-refractivity contribution in [1.29, 1.82) is 0 Å². The number of amides is 1. The maximum atomic E-state index is 13.6. The van der Waals surface area contributed by atoms with Crippen molar-refractivity contribution >= 4 is 41.0 Å². The van der Waals surface area contributed by atoms with Gasteiger partial charge < -0.3 is 5.32 Å². The average molecular weight is 444 g/mol. The maximum Gasteiger partial charge on any atom is 0.399 e. The smallest absolute Gasteiger partial charge is 0.345 e. The van der Waals surface area contributed by atoms with Gasteiger partial charge in [-0.05, 0) is 54.8 Å². The first-order valence-electron chi connectivity index (χ1n) is 8.56. The molecule has 0 aliphatic heterocycles. The Morgan fingerprint density at radius 2 is 1.72 bits per heavy atom. The van der Waals surface area contributed by atoms with Crippen molar-refractivity contribution in [3.63, 3.8) is 0 Å². The summed E-state index contributed by atoms with van der Waals surface area (Å²) < 4.78 is 40.7. The summed E-state index contributed by atoms with van der Waals surface area (Å²) in [4.78, 5) is 23.0. The van der Waals surface area contributed by atoms with Gasteiger partial charge in [-0.25, -0.2) is 0 Å². The van der Waals surface area contributed by atoms with Crippen molar-refractivity contribution in [3.05, 3.63) is 74.8 Å². The second kappa shape index (κ2) is 9.46. The van der Waals surface area contributed by atoms with Gasteiger partial charge in [0.1, 0.15) is 5.78 Å². The predicted molar refractivity (Wildman–Crippen MR) is 108 cm³/mol. The van der Waals surface area contributed by atoms with Crippen LogP contribution in [0.5, 0.6) is 0 Å². The monoisotopic (exact) mass is 443 g/mol. The van der Waals surface area contributed by atoms with Gasteiger partial charge >= 0.3 is 6.18 Å². The van der Waals surface area contributed by atoms with E-state index < -0.39 is 18.0 Å². The summed E-state index contributed by atoms with van der Waals surface area (Å²) in [7, 11) is 0. The van der Waals surface area contributed by atoms with E-state index in [0.29, 0.717) is 16.7 Å². The number of alkyl halides is 3. The van der Waals surface area contributed by atoms with Crippen LogP contribution in [0.15, 0.2) is 42.5 Å². The van der Waals surface area contributed by atoms with Crippen LogP contribution >= 0.6 is 23.2 Å². The quantitative estimate of drug-likeness (QED) is 0.596. The number of rotatable bonds is 6. The summed E-state index contributed by atoms with van der Waals surface area (Å²) in [6.07, 6.45) is -2.18. The molecule has 0 saturated heterocycles. The van der Waals surface area contributed by atoms with Crippen LogP contribution in [0.4, 0.5) is 13.2 Å². The van der Waals surface area contributed by atoms with Crippen molar-refractivity contribution in [2.45, 2.75) is 25.9 Å². The Morgan fingerprint density at radius 1 is 1.10 bits per heavy atom. The van der Waals surface area contributed by atoms with E-state index in [1.807, 2.05) is 0 Å². The molecule has 0 bridgehead atoms. The molecule has 3 nitrogen and oxygen atoms in total. The normalized spacial score (nSPS) is 12.8. The van der Waals surface area contributed by atoms with Crippen LogP contribution in [0.3, 0.4) is 0 Å². The summed E-state index contributed by atoms with van der Waals surface area (Å²) in [6, 6.07) is 8.45. The third kappa shape index (κ3) is 6.61. The molecule has 0 radical (unpaired) electrons. The molecule has 0 aliphatic carbocycles. The fraction of sp³-hybridized carbons (Fsp3) is 0.238. The molecule has 0 fully saturated rings. The summed E-state index contributed by atoms with van der Waals surface area (Å²) >= 11 is 11.7. The Balaban J connectivity index is 2.28. The second-order valence-corrected chi connectivity index (χ2v) is 7.41. The van der Waals surface area contributed by atoms with Gasteiger partial charge in [-0.2, -0.15) is 13.2 Å². The number of halogens is 5. The molecule has 0 heterocycles. The molecular weight excluding hydrogens is 426 g/mol. The Labute approximate surface area is 176 Å². The van der Waals surface area contributed by atoms with Gasteiger partial charge in [0.05, 0.1) is 12.5 Å². The molecule has 0 aromatic heterocycles. The van der Waals surface area contributed by atoms with Crippen molar-refractivity contribution in [2.24, 2.45) is 0 Å². The van der Waals surface area contributed by atoms with Crippen LogP contribution in [0, 0.1) is 6.92 Å². The van der Waals surface area contributed by atoms with Gasteiger partial charge in [0.2, 0.25) is 0 Å². The van der Waals surface area contributed by atoms with Gasteiger partial charge in [-0.15, -0.1) is 0 Å². The van der Waals surface area contributed by atoms with Crippen molar-refractivity contribution in [1.82, 2.24) is 5.32 Å². The number of Topliss-reactive ketones (excluding diaryl/α,β-unsaturated/α-hetero) is 1. The lowest BCUT2D eigenvalue weighted by Gasteiger charge is -2.18. The standard InChI is InChI=1S/C21H18Cl2F3NO2/c1-12-7-14(3-5-18(12)20(29)27-11-13(2)28)4-6-19(21(24,25)26)15-8-16(22)10-17(23)9-15/h3-10,19H,11H2,1-2H3,(H,27,29)/b6-4+. The van der Waals surface area contributed by atoms with E-state index in [0.717, 1.165) is 6.08 Å². The minimum absolute atomic E-state index is 0.0665. The molecule has 1 atom stereocenters. The number of ketones is 1. The van der Waals surface area contributed by atoms with Crippen molar-refractivity contribution < 1.29 is 22.8 Å². The summed E-state index contributed by atoms with van der Waals surface area (Å²) in [6.45, 7) is 2.93. The fourth-order valence-electron chi connectivity index (χ4n) is 2.72. The number of carbonyl (C=O) groups is 2. The highest BCUT2D eigenvalue weighted by atomic mass is 35.5. The Kier molecular flexibility index (Phi) is 7.49. The third-order valence-corrected chi connectivity index (χ3v) is 4.51. The number of aryl methyl sites for hydroxylation is 1. The van der Waals surface area contributed by atoms with Gasteiger partial charge in [0.15, 0.2) is 0 Å². The minimum atomic E-state index is -4.54. The first kappa shape index (κ1) is 23.0. The molecule has 2 rings (SSSR count). The molecule has 1 N–H and O–H groups in total. The van der Waals surface area contributed by atoms with Crippen LogP contribution in [0.2, 0.25) is 10.0 Å². The SMILES string of the molecule is CC(=O)CNC(=O)c1ccc(/C=C/C(c2cc(Cl)cc(Cl)c2)C(F)(F)F)cc1C. The van der Waals surface area contributed by atoms with E-state index in [2.05, 4.69) is 5.32 Å². The third-order valence-electron chi connectivity index (χ3n) is 4.07. The molecule has 0 spiro atoms. The number of nitrogens with one attached hydrogen (secondary N) is 1. The number of hydrogen-bond acceptors (Lipinski definition) is 2. The maximum absolute atomic E-state index is 13.6. The van der Waals surface area contributed by atoms with Gasteiger partial charge in [0, 0.05) is 15.6 Å². The van der Waals surface area contributed by atoms with Crippen LogP contribution < -0.4 is 5.32 Å². The summed E-state index contributed by atoms with van der Waals surface area (Å²) in [5, 5.41) is 2.72. The molecule has 1 unspecified atom stereocenters. The van der Waals surface area contributed by atoms with Crippen LogP contribution in [-0.2, 0) is 4.79 Å². The molecule has 0 aliphatic rings. The number of carbonyl (C=O) groups excluding carboxylic acids is 2. The molecule has 0 saturated carbocycles. The van der Waals surface area contributed by atoms with Crippen LogP contribution in [-0.4, -0.2) is 24.4 Å². The Bertz CT molecular complexity index is 935. The highest BCUT2D eigenvalue weighted by Crippen LogP contribution is 2.38. The zero-order valence-electron chi connectivity index (χ0n) is 15.6. The molecule has 8 heteroatoms. The van der Waals surface area contributed by atoms with Crippen molar-refractivity contribution in [3.8, 4) is 0 Å². The van der Waals surface area contributed by atoms with Crippen molar-refractivity contribution in [2.75, 3.05) is 6.54 Å². The molecule has 154 valence electrons. The number of benzene rings is 2. The van der Waals surface area contributed by atoms with E-state index in [1.165, 1.54) is 43.3 Å². The first-order chi connectivity index (χ1) is 13.5. The van der Waals surface area contributed by atoms with Crippen LogP contribution in [0.25, 0.3) is 6.08 Å². The number of hydrogen-bond donors (Lipinski definition) is 1. The largest absolute Gasteiger partial charge is 0.399 e. The van der Waals surface area contributed by atoms with E-state index in [-0.39, 0.29) is 27.9 Å². The topological polar surface area (TPSA) is 46.2 Å². The Morgan fingerprint density at radius 3 is 2.24 bits per heavy atom. The highest BCUT2D eigenvalue weighted by Gasteiger charge is 2.39. The summed E-state index contributed by atoms with van der Waals surface area (Å²) in [5.41, 5.74) is 1.34.